The number of nitrogens with zero attached hydrogens (tertiary/aromatic N) is 4. The highest BCUT2D eigenvalue weighted by Gasteiger charge is 2.38. The van der Waals surface area contributed by atoms with E-state index in [1.54, 1.807) is 13.8 Å². The number of rotatable bonds is 4. The summed E-state index contributed by atoms with van der Waals surface area (Å²) >= 11 is 0. The van der Waals surface area contributed by atoms with Crippen molar-refractivity contribution in [2.75, 3.05) is 13.1 Å². The molecule has 9 heteroatoms. The zero-order chi connectivity index (χ0) is 16.5. The number of aromatic nitrogens is 2. The number of amides is 1. The van der Waals surface area contributed by atoms with Gasteiger partial charge in [-0.05, 0) is 26.7 Å². The lowest BCUT2D eigenvalue weighted by Crippen LogP contribution is -2.51. The maximum Gasteiger partial charge on any atom is 0.308 e. The van der Waals surface area contributed by atoms with Gasteiger partial charge in [0, 0.05) is 13.1 Å². The zero-order valence-corrected chi connectivity index (χ0v) is 12.4. The smallest absolute Gasteiger partial charge is 0.308 e. The molecule has 1 atom stereocenters. The summed E-state index contributed by atoms with van der Waals surface area (Å²) in [4.78, 5) is 35.4. The van der Waals surface area contributed by atoms with Gasteiger partial charge in [-0.1, -0.05) is 0 Å². The van der Waals surface area contributed by atoms with Crippen LogP contribution in [0.1, 0.15) is 26.7 Å². The molecule has 1 saturated heterocycles. The van der Waals surface area contributed by atoms with Gasteiger partial charge in [0.05, 0.1) is 10.8 Å². The number of carboxylic acid groups (broad SMARTS) is 1. The molecule has 0 radical (unpaired) electrons. The number of hydrogen-bond acceptors (Lipinski definition) is 5. The van der Waals surface area contributed by atoms with Crippen LogP contribution in [-0.2, 0) is 15.1 Å². The summed E-state index contributed by atoms with van der Waals surface area (Å²) in [6.45, 7) is 3.85. The van der Waals surface area contributed by atoms with Crippen LogP contribution in [-0.4, -0.2) is 49.7 Å². The lowest BCUT2D eigenvalue weighted by Gasteiger charge is -2.36. The van der Waals surface area contributed by atoms with Crippen molar-refractivity contribution in [3.05, 3.63) is 22.5 Å². The van der Waals surface area contributed by atoms with Crippen molar-refractivity contribution in [3.63, 3.8) is 0 Å². The van der Waals surface area contributed by atoms with E-state index in [0.29, 0.717) is 19.4 Å². The summed E-state index contributed by atoms with van der Waals surface area (Å²) in [5.74, 6) is -1.78. The number of likely N-dealkylation sites (tertiary alicyclic amines) is 1. The van der Waals surface area contributed by atoms with Crippen LogP contribution in [0, 0.1) is 16.0 Å². The molecule has 120 valence electrons. The molecule has 0 unspecified atom stereocenters. The quantitative estimate of drug-likeness (QED) is 0.650. The number of carboxylic acids is 1. The fourth-order valence-corrected chi connectivity index (χ4v) is 2.56. The van der Waals surface area contributed by atoms with Crippen LogP contribution in [0.15, 0.2) is 12.4 Å². The van der Waals surface area contributed by atoms with Crippen LogP contribution in [0.3, 0.4) is 0 Å². The van der Waals surface area contributed by atoms with Gasteiger partial charge < -0.3 is 10.0 Å². The highest BCUT2D eigenvalue weighted by molar-refractivity contribution is 5.84. The summed E-state index contributed by atoms with van der Waals surface area (Å²) in [7, 11) is 0. The maximum atomic E-state index is 12.7. The molecule has 9 nitrogen and oxygen atoms in total. The Morgan fingerprint density at radius 1 is 1.50 bits per heavy atom. The van der Waals surface area contributed by atoms with E-state index >= 15 is 0 Å². The molecular weight excluding hydrogens is 292 g/mol. The second-order valence-electron chi connectivity index (χ2n) is 5.89. The SMILES string of the molecule is CC(C)(C(=O)N1CCC[C@H](C(=O)O)C1)n1cc([N+](=O)[O-])cn1. The van der Waals surface area contributed by atoms with Crippen molar-refractivity contribution in [1.29, 1.82) is 0 Å². The first-order valence-corrected chi connectivity index (χ1v) is 6.95. The Kier molecular flexibility index (Phi) is 4.16. The van der Waals surface area contributed by atoms with Crippen molar-refractivity contribution in [2.24, 2.45) is 5.92 Å². The lowest BCUT2D eigenvalue weighted by molar-refractivity contribution is -0.385. The Balaban J connectivity index is 2.18. The molecule has 0 bridgehead atoms. The van der Waals surface area contributed by atoms with Crippen LogP contribution in [0.2, 0.25) is 0 Å². The van der Waals surface area contributed by atoms with E-state index < -0.39 is 22.3 Å². The number of nitro groups is 1. The number of carbonyl (C=O) groups excluding carboxylic acids is 1. The average Bonchev–Trinajstić information content (AvgIpc) is 2.97. The Morgan fingerprint density at radius 3 is 2.73 bits per heavy atom. The third-order valence-corrected chi connectivity index (χ3v) is 3.93. The monoisotopic (exact) mass is 310 g/mol. The van der Waals surface area contributed by atoms with E-state index in [4.69, 9.17) is 5.11 Å². The Bertz CT molecular complexity index is 609. The minimum atomic E-state index is -1.12. The van der Waals surface area contributed by atoms with E-state index in [1.165, 1.54) is 15.8 Å². The van der Waals surface area contributed by atoms with Crippen LogP contribution in [0.25, 0.3) is 0 Å². The Hall–Kier alpha value is -2.45. The molecule has 1 aliphatic heterocycles. The van der Waals surface area contributed by atoms with Crippen molar-refractivity contribution in [1.82, 2.24) is 14.7 Å². The number of piperidine rings is 1. The fraction of sp³-hybridized carbons (Fsp3) is 0.615. The van der Waals surface area contributed by atoms with E-state index in [1.807, 2.05) is 0 Å². The standard InChI is InChI=1S/C13H18N4O5/c1-13(2,16-8-10(6-14-16)17(21)22)12(20)15-5-3-4-9(7-15)11(18)19/h6,8-9H,3-5,7H2,1-2H3,(H,18,19)/t9-/m0/s1. The topological polar surface area (TPSA) is 119 Å². The second-order valence-corrected chi connectivity index (χ2v) is 5.89. The number of carbonyl (C=O) groups is 2. The predicted molar refractivity (Wildman–Crippen MR) is 75.1 cm³/mol. The number of hydrogen-bond donors (Lipinski definition) is 1. The first kappa shape index (κ1) is 15.9. The second kappa shape index (κ2) is 5.74. The Morgan fingerprint density at radius 2 is 2.18 bits per heavy atom. The van der Waals surface area contributed by atoms with Gasteiger partial charge in [0.2, 0.25) is 5.91 Å². The molecule has 1 aromatic heterocycles. The summed E-state index contributed by atoms with van der Waals surface area (Å²) in [5.41, 5.74) is -1.31. The summed E-state index contributed by atoms with van der Waals surface area (Å²) in [5, 5.41) is 23.7. The van der Waals surface area contributed by atoms with Crippen LogP contribution < -0.4 is 0 Å². The van der Waals surface area contributed by atoms with Gasteiger partial charge in [-0.15, -0.1) is 0 Å². The molecule has 0 spiro atoms. The van der Waals surface area contributed by atoms with Gasteiger partial charge in [-0.2, -0.15) is 5.10 Å². The van der Waals surface area contributed by atoms with Gasteiger partial charge in [-0.3, -0.25) is 24.4 Å². The van der Waals surface area contributed by atoms with Gasteiger partial charge >= 0.3 is 11.7 Å². The van der Waals surface area contributed by atoms with Gasteiger partial charge in [0.15, 0.2) is 0 Å². The molecule has 1 N–H and O–H groups in total. The van der Waals surface area contributed by atoms with E-state index in [9.17, 15) is 19.7 Å². The third-order valence-electron chi connectivity index (χ3n) is 3.93. The van der Waals surface area contributed by atoms with Crippen LogP contribution >= 0.6 is 0 Å². The predicted octanol–water partition coefficient (Wildman–Crippen LogP) is 0.850. The van der Waals surface area contributed by atoms with Crippen molar-refractivity contribution >= 4 is 17.6 Å². The molecule has 2 heterocycles. The molecule has 0 aliphatic carbocycles. The first-order valence-electron chi connectivity index (χ1n) is 6.95. The molecule has 1 amide bonds. The average molecular weight is 310 g/mol. The molecule has 1 aromatic rings. The summed E-state index contributed by atoms with van der Waals surface area (Å²) in [6, 6.07) is 0. The zero-order valence-electron chi connectivity index (χ0n) is 12.4. The third kappa shape index (κ3) is 2.92. The van der Waals surface area contributed by atoms with Gasteiger partial charge in [0.25, 0.3) is 0 Å². The first-order chi connectivity index (χ1) is 10.2. The minimum absolute atomic E-state index is 0.154. The minimum Gasteiger partial charge on any atom is -0.481 e. The largest absolute Gasteiger partial charge is 0.481 e. The molecule has 0 saturated carbocycles. The van der Waals surface area contributed by atoms with Crippen LogP contribution in [0.5, 0.6) is 0 Å². The fourth-order valence-electron chi connectivity index (χ4n) is 2.56. The maximum absolute atomic E-state index is 12.7. The highest BCUT2D eigenvalue weighted by atomic mass is 16.6. The van der Waals surface area contributed by atoms with Crippen LogP contribution in [0.4, 0.5) is 5.69 Å². The van der Waals surface area contributed by atoms with E-state index in [0.717, 1.165) is 6.20 Å². The highest BCUT2D eigenvalue weighted by Crippen LogP contribution is 2.25. The van der Waals surface area contributed by atoms with Gasteiger partial charge in [0.1, 0.15) is 17.9 Å². The molecule has 2 rings (SSSR count). The van der Waals surface area contributed by atoms with Crippen molar-refractivity contribution in [2.45, 2.75) is 32.2 Å². The van der Waals surface area contributed by atoms with E-state index in [2.05, 4.69) is 5.10 Å². The summed E-state index contributed by atoms with van der Waals surface area (Å²) in [6.07, 6.45) is 3.46. The molecule has 22 heavy (non-hydrogen) atoms. The molecular formula is C13H18N4O5. The lowest BCUT2D eigenvalue weighted by atomic mass is 9.95. The molecule has 0 aromatic carbocycles. The summed E-state index contributed by atoms with van der Waals surface area (Å²) < 4.78 is 1.25. The van der Waals surface area contributed by atoms with E-state index in [-0.39, 0.29) is 18.1 Å². The normalized spacial score (nSPS) is 19.0. The molecule has 1 fully saturated rings. The number of aliphatic carboxylic acids is 1. The van der Waals surface area contributed by atoms with Crippen molar-refractivity contribution < 1.29 is 19.6 Å². The Labute approximate surface area is 126 Å². The van der Waals surface area contributed by atoms with Crippen molar-refractivity contribution in [3.8, 4) is 0 Å². The van der Waals surface area contributed by atoms with Gasteiger partial charge in [-0.25, -0.2) is 0 Å². The molecule has 1 aliphatic rings.